The first-order valence-corrected chi connectivity index (χ1v) is 11.8. The fraction of sp³-hybridized carbons (Fsp3) is 0.524. The average Bonchev–Trinajstić information content (AvgIpc) is 2.73. The third-order valence-electron chi connectivity index (χ3n) is 5.09. The second kappa shape index (κ2) is 11.7. The van der Waals surface area contributed by atoms with E-state index in [0.29, 0.717) is 22.7 Å². The van der Waals surface area contributed by atoms with Crippen LogP contribution in [0.3, 0.4) is 0 Å². The van der Waals surface area contributed by atoms with Crippen LogP contribution >= 0.6 is 23.5 Å². The first-order chi connectivity index (χ1) is 14.6. The van der Waals surface area contributed by atoms with Gasteiger partial charge in [-0.05, 0) is 43.9 Å². The number of hydrogen-bond acceptors (Lipinski definition) is 7. The van der Waals surface area contributed by atoms with E-state index in [1.54, 1.807) is 30.4 Å². The summed E-state index contributed by atoms with van der Waals surface area (Å²) in [5, 5.41) is 10.3. The topological polar surface area (TPSA) is 73.4 Å². The number of aliphatic imine (C=N–C) groups is 1. The first kappa shape index (κ1) is 23.1. The van der Waals surface area contributed by atoms with Crippen LogP contribution in [0.4, 0.5) is 10.2 Å². The summed E-state index contributed by atoms with van der Waals surface area (Å²) in [5.41, 5.74) is 0.938. The van der Waals surface area contributed by atoms with Gasteiger partial charge in [0.05, 0.1) is 11.2 Å². The Morgan fingerprint density at radius 3 is 2.90 bits per heavy atom. The van der Waals surface area contributed by atoms with Crippen molar-refractivity contribution in [1.82, 2.24) is 20.3 Å². The van der Waals surface area contributed by atoms with Crippen molar-refractivity contribution in [1.29, 1.82) is 0 Å². The Labute approximate surface area is 187 Å². The molecular weight excluding hydrogens is 423 g/mol. The Balaban J connectivity index is 1.56. The van der Waals surface area contributed by atoms with E-state index < -0.39 is 6.17 Å². The van der Waals surface area contributed by atoms with E-state index in [1.165, 1.54) is 12.6 Å². The lowest BCUT2D eigenvalue weighted by Crippen LogP contribution is -2.57. The third-order valence-corrected chi connectivity index (χ3v) is 6.38. The molecule has 2 aliphatic rings. The minimum Gasteiger partial charge on any atom is -0.349 e. The molecule has 6 nitrogen and oxygen atoms in total. The molecule has 0 amide bonds. The van der Waals surface area contributed by atoms with Crippen molar-refractivity contribution in [2.24, 2.45) is 4.99 Å². The second-order valence-electron chi connectivity index (χ2n) is 7.53. The monoisotopic (exact) mass is 452 g/mol. The summed E-state index contributed by atoms with van der Waals surface area (Å²) in [6, 6.07) is 2.39. The van der Waals surface area contributed by atoms with E-state index >= 15 is 0 Å². The van der Waals surface area contributed by atoms with Crippen molar-refractivity contribution in [2.75, 3.05) is 11.1 Å². The number of halogens is 2. The summed E-state index contributed by atoms with van der Waals surface area (Å²) in [6.07, 6.45) is 11.4. The lowest BCUT2D eigenvalue weighted by Gasteiger charge is -2.36. The Hall–Kier alpha value is -1.61. The van der Waals surface area contributed by atoms with Crippen molar-refractivity contribution in [3.05, 3.63) is 47.2 Å². The molecule has 0 spiro atoms. The fourth-order valence-corrected chi connectivity index (χ4v) is 4.55. The molecule has 3 rings (SSSR count). The van der Waals surface area contributed by atoms with E-state index in [2.05, 4.69) is 37.6 Å². The number of rotatable bonds is 9. The van der Waals surface area contributed by atoms with E-state index in [0.717, 1.165) is 37.0 Å². The van der Waals surface area contributed by atoms with Crippen molar-refractivity contribution < 1.29 is 4.39 Å². The lowest BCUT2D eigenvalue weighted by atomic mass is 9.91. The van der Waals surface area contributed by atoms with Gasteiger partial charge in [-0.15, -0.1) is 0 Å². The molecular formula is C21H30ClFN6S. The van der Waals surface area contributed by atoms with Crippen LogP contribution in [0.15, 0.2) is 41.6 Å². The number of aryl methyl sites for hydroxylation is 1. The zero-order valence-corrected chi connectivity index (χ0v) is 19.0. The minimum atomic E-state index is -0.582. The predicted molar refractivity (Wildman–Crippen MR) is 125 cm³/mol. The minimum absolute atomic E-state index is 0.210. The van der Waals surface area contributed by atoms with Crippen molar-refractivity contribution in [2.45, 2.75) is 64.2 Å². The van der Waals surface area contributed by atoms with Crippen LogP contribution in [0.1, 0.15) is 44.6 Å². The maximum absolute atomic E-state index is 14.4. The summed E-state index contributed by atoms with van der Waals surface area (Å²) in [4.78, 5) is 8.40. The molecule has 0 saturated heterocycles. The molecule has 0 bridgehead atoms. The largest absolute Gasteiger partial charge is 0.349 e. The van der Waals surface area contributed by atoms with Crippen LogP contribution in [0, 0.1) is 6.92 Å². The number of hydrogen-bond donors (Lipinski definition) is 4. The summed E-state index contributed by atoms with van der Waals surface area (Å²) in [6.45, 7) is 4.10. The van der Waals surface area contributed by atoms with E-state index in [9.17, 15) is 4.39 Å². The number of nitrogens with one attached hydrogen (secondary N) is 4. The van der Waals surface area contributed by atoms with Gasteiger partial charge in [0.25, 0.3) is 0 Å². The summed E-state index contributed by atoms with van der Waals surface area (Å²) in [7, 11) is 0. The predicted octanol–water partition coefficient (Wildman–Crippen LogP) is 4.66. The van der Waals surface area contributed by atoms with Gasteiger partial charge in [-0.1, -0.05) is 43.3 Å². The van der Waals surface area contributed by atoms with Crippen LogP contribution in [-0.2, 0) is 0 Å². The van der Waals surface area contributed by atoms with E-state index in [4.69, 9.17) is 11.6 Å². The van der Waals surface area contributed by atoms with Gasteiger partial charge in [0.15, 0.2) is 5.83 Å². The van der Waals surface area contributed by atoms with Gasteiger partial charge in [-0.25, -0.2) is 14.4 Å². The molecule has 1 aromatic heterocycles. The molecule has 1 saturated carbocycles. The Kier molecular flexibility index (Phi) is 8.99. The zero-order valence-electron chi connectivity index (χ0n) is 17.4. The highest BCUT2D eigenvalue weighted by atomic mass is 35.5. The van der Waals surface area contributed by atoms with E-state index in [1.807, 2.05) is 13.0 Å². The maximum atomic E-state index is 14.4. The average molecular weight is 453 g/mol. The van der Waals surface area contributed by atoms with Gasteiger partial charge in [0.2, 0.25) is 0 Å². The number of amidine groups is 1. The molecule has 3 atom stereocenters. The van der Waals surface area contributed by atoms with Gasteiger partial charge in [0.1, 0.15) is 17.8 Å². The molecule has 9 heteroatoms. The van der Waals surface area contributed by atoms with Gasteiger partial charge in [-0.2, -0.15) is 0 Å². The van der Waals surface area contributed by atoms with Gasteiger partial charge < -0.3 is 10.6 Å². The standard InChI is InChI=1S/C21H30ClFN6S/c1-3-10-30-29-18-7-5-4-6-17(18)27-21-16(23)13-25-19(28-21)8-9-24-20-14(2)11-15(22)12-26-20/h8-9,11-13,17-18,21,27,29H,3-7,10H2,1-2H3,(H,24,26)(H,25,28)/b9-8+. The molecule has 1 aliphatic carbocycles. The SMILES string of the molecule is CCCSNC1CCCCC1NC1NC(/C=C/Nc2ncc(Cl)cc2C)=NC=C1F. The van der Waals surface area contributed by atoms with Crippen LogP contribution in [0.5, 0.6) is 0 Å². The van der Waals surface area contributed by atoms with Crippen molar-refractivity contribution >= 4 is 35.2 Å². The Bertz CT molecular complexity index is 800. The molecule has 0 radical (unpaired) electrons. The van der Waals surface area contributed by atoms with Crippen LogP contribution in [-0.4, -0.2) is 34.8 Å². The number of anilines is 1. The second-order valence-corrected chi connectivity index (χ2v) is 8.90. The molecule has 0 aromatic carbocycles. The highest BCUT2D eigenvalue weighted by molar-refractivity contribution is 7.97. The van der Waals surface area contributed by atoms with E-state index in [-0.39, 0.29) is 11.9 Å². The number of nitrogens with zero attached hydrogens (tertiary/aromatic N) is 2. The smallest absolute Gasteiger partial charge is 0.155 e. The van der Waals surface area contributed by atoms with Crippen LogP contribution in [0.2, 0.25) is 5.02 Å². The molecule has 1 aromatic rings. The molecule has 4 N–H and O–H groups in total. The normalized spacial score (nSPS) is 24.3. The van der Waals surface area contributed by atoms with Crippen LogP contribution < -0.4 is 20.7 Å². The molecule has 164 valence electrons. The highest BCUT2D eigenvalue weighted by Crippen LogP contribution is 2.22. The highest BCUT2D eigenvalue weighted by Gasteiger charge is 2.29. The third kappa shape index (κ3) is 6.70. The molecule has 30 heavy (non-hydrogen) atoms. The van der Waals surface area contributed by atoms with Gasteiger partial charge in [-0.3, -0.25) is 10.0 Å². The summed E-state index contributed by atoms with van der Waals surface area (Å²) in [5.74, 6) is 2.06. The first-order valence-electron chi connectivity index (χ1n) is 10.5. The lowest BCUT2D eigenvalue weighted by molar-refractivity contribution is 0.279. The van der Waals surface area contributed by atoms with Gasteiger partial charge in [0, 0.05) is 30.2 Å². The van der Waals surface area contributed by atoms with Crippen molar-refractivity contribution in [3.8, 4) is 0 Å². The molecule has 2 heterocycles. The molecule has 1 aliphatic heterocycles. The fourth-order valence-electron chi connectivity index (χ4n) is 3.52. The Morgan fingerprint density at radius 2 is 2.13 bits per heavy atom. The van der Waals surface area contributed by atoms with Gasteiger partial charge >= 0.3 is 0 Å². The molecule has 1 fully saturated rings. The molecule has 3 unspecified atom stereocenters. The zero-order chi connectivity index (χ0) is 21.3. The quantitative estimate of drug-likeness (QED) is 0.322. The van der Waals surface area contributed by atoms with Crippen molar-refractivity contribution in [3.63, 3.8) is 0 Å². The van der Waals surface area contributed by atoms with Crippen LogP contribution in [0.25, 0.3) is 0 Å². The Morgan fingerprint density at radius 1 is 1.33 bits per heavy atom. The maximum Gasteiger partial charge on any atom is 0.155 e. The number of aromatic nitrogens is 1. The summed E-state index contributed by atoms with van der Waals surface area (Å²) < 4.78 is 18.0. The summed E-state index contributed by atoms with van der Waals surface area (Å²) >= 11 is 7.70. The number of pyridine rings is 1.